The molecule has 0 aliphatic heterocycles. The number of ether oxygens (including phenoxy) is 1. The molecular weight excluding hydrogens is 291 g/mol. The molecule has 0 aliphatic rings. The highest BCUT2D eigenvalue weighted by Gasteiger charge is 2.30. The van der Waals surface area contributed by atoms with Crippen molar-refractivity contribution in [3.05, 3.63) is 33.3 Å². The quantitative estimate of drug-likeness (QED) is 0.363. The molecule has 1 unspecified atom stereocenters. The Morgan fingerprint density at radius 2 is 2.00 bits per heavy atom. The molecule has 0 bridgehead atoms. The third-order valence-corrected chi connectivity index (χ3v) is 3.44. The third kappa shape index (κ3) is 3.33. The van der Waals surface area contributed by atoms with E-state index >= 15 is 0 Å². The van der Waals surface area contributed by atoms with E-state index in [2.05, 4.69) is 4.74 Å². The molecule has 0 saturated heterocycles. The van der Waals surface area contributed by atoms with Crippen molar-refractivity contribution in [1.82, 2.24) is 0 Å². The normalized spacial score (nSPS) is 11.8. The second-order valence-corrected chi connectivity index (χ2v) is 4.55. The SMILES string of the molecule is CCOC(=O)C(C=O)C(=O)c1ccc(Cl)c(C)c1Cl. The van der Waals surface area contributed by atoms with Crippen LogP contribution >= 0.6 is 23.2 Å². The summed E-state index contributed by atoms with van der Waals surface area (Å²) in [6, 6.07) is 2.87. The number of halogens is 2. The Morgan fingerprint density at radius 3 is 2.53 bits per heavy atom. The number of esters is 1. The smallest absolute Gasteiger partial charge is 0.324 e. The summed E-state index contributed by atoms with van der Waals surface area (Å²) in [7, 11) is 0. The number of Topliss-reactive ketones (excluding diaryl/α,β-unsaturated/α-hetero) is 1. The molecule has 0 heterocycles. The Balaban J connectivity index is 3.15. The van der Waals surface area contributed by atoms with E-state index in [4.69, 9.17) is 23.2 Å². The van der Waals surface area contributed by atoms with Crippen molar-refractivity contribution in [2.75, 3.05) is 6.61 Å². The molecule has 19 heavy (non-hydrogen) atoms. The minimum Gasteiger partial charge on any atom is -0.465 e. The van der Waals surface area contributed by atoms with Gasteiger partial charge < -0.3 is 9.53 Å². The van der Waals surface area contributed by atoms with Crippen molar-refractivity contribution in [2.24, 2.45) is 5.92 Å². The Kier molecular flexibility index (Phi) is 5.51. The van der Waals surface area contributed by atoms with Gasteiger partial charge in [-0.2, -0.15) is 0 Å². The summed E-state index contributed by atoms with van der Waals surface area (Å²) in [6.07, 6.45) is 0.251. The second-order valence-electron chi connectivity index (χ2n) is 3.76. The van der Waals surface area contributed by atoms with E-state index in [-0.39, 0.29) is 23.5 Å². The zero-order valence-electron chi connectivity index (χ0n) is 10.4. The van der Waals surface area contributed by atoms with Crippen molar-refractivity contribution in [2.45, 2.75) is 13.8 Å². The van der Waals surface area contributed by atoms with Crippen LogP contribution in [0.5, 0.6) is 0 Å². The zero-order chi connectivity index (χ0) is 14.6. The molecule has 0 radical (unpaired) electrons. The largest absolute Gasteiger partial charge is 0.465 e. The summed E-state index contributed by atoms with van der Waals surface area (Å²) in [5, 5.41) is 0.536. The van der Waals surface area contributed by atoms with Crippen LogP contribution in [0.2, 0.25) is 10.0 Å². The highest BCUT2D eigenvalue weighted by Crippen LogP contribution is 2.28. The number of ketones is 1. The van der Waals surface area contributed by atoms with Gasteiger partial charge in [-0.3, -0.25) is 9.59 Å². The fourth-order valence-electron chi connectivity index (χ4n) is 1.48. The van der Waals surface area contributed by atoms with Gasteiger partial charge in [0.05, 0.1) is 11.6 Å². The molecule has 0 fully saturated rings. The number of hydrogen-bond donors (Lipinski definition) is 0. The number of aldehydes is 1. The van der Waals surface area contributed by atoms with Crippen LogP contribution in [-0.2, 0) is 14.3 Å². The van der Waals surface area contributed by atoms with E-state index < -0.39 is 17.7 Å². The number of hydrogen-bond acceptors (Lipinski definition) is 4. The van der Waals surface area contributed by atoms with Gasteiger partial charge in [0.25, 0.3) is 0 Å². The lowest BCUT2D eigenvalue weighted by Gasteiger charge is -2.11. The van der Waals surface area contributed by atoms with E-state index in [1.54, 1.807) is 13.8 Å². The van der Waals surface area contributed by atoms with Crippen molar-refractivity contribution < 1.29 is 19.1 Å². The maximum atomic E-state index is 12.1. The first-order valence-corrected chi connectivity index (χ1v) is 6.30. The van der Waals surface area contributed by atoms with Gasteiger partial charge in [0.1, 0.15) is 6.29 Å². The van der Waals surface area contributed by atoms with Crippen LogP contribution in [-0.4, -0.2) is 24.6 Å². The lowest BCUT2D eigenvalue weighted by atomic mass is 9.97. The molecule has 0 saturated carbocycles. The Hall–Kier alpha value is -1.39. The van der Waals surface area contributed by atoms with Gasteiger partial charge in [-0.1, -0.05) is 23.2 Å². The van der Waals surface area contributed by atoms with Crippen molar-refractivity contribution in [3.8, 4) is 0 Å². The molecule has 0 N–H and O–H groups in total. The van der Waals surface area contributed by atoms with Gasteiger partial charge in [0.15, 0.2) is 11.7 Å². The van der Waals surface area contributed by atoms with E-state index in [9.17, 15) is 14.4 Å². The van der Waals surface area contributed by atoms with Gasteiger partial charge in [0, 0.05) is 10.6 Å². The summed E-state index contributed by atoms with van der Waals surface area (Å²) in [4.78, 5) is 34.5. The number of carbonyl (C=O) groups is 3. The number of rotatable bonds is 5. The number of carbonyl (C=O) groups excluding carboxylic acids is 3. The van der Waals surface area contributed by atoms with Crippen LogP contribution in [0, 0.1) is 12.8 Å². The third-order valence-electron chi connectivity index (χ3n) is 2.54. The Morgan fingerprint density at radius 1 is 1.37 bits per heavy atom. The second kappa shape index (κ2) is 6.68. The average molecular weight is 303 g/mol. The van der Waals surface area contributed by atoms with Gasteiger partial charge in [-0.15, -0.1) is 0 Å². The van der Waals surface area contributed by atoms with Gasteiger partial charge in [0.2, 0.25) is 0 Å². The van der Waals surface area contributed by atoms with Gasteiger partial charge >= 0.3 is 5.97 Å². The first-order valence-electron chi connectivity index (χ1n) is 5.54. The molecule has 0 aromatic heterocycles. The fraction of sp³-hybridized carbons (Fsp3) is 0.308. The molecule has 1 rings (SSSR count). The maximum absolute atomic E-state index is 12.1. The fourth-order valence-corrected chi connectivity index (χ4v) is 1.94. The summed E-state index contributed by atoms with van der Waals surface area (Å²) in [5.74, 6) is -3.08. The first kappa shape index (κ1) is 15.7. The van der Waals surface area contributed by atoms with Crippen LogP contribution in [0.4, 0.5) is 0 Å². The molecule has 1 aromatic rings. The molecule has 1 atom stereocenters. The van der Waals surface area contributed by atoms with Crippen molar-refractivity contribution >= 4 is 41.2 Å². The lowest BCUT2D eigenvalue weighted by Crippen LogP contribution is -2.28. The Bertz CT molecular complexity index is 526. The standard InChI is InChI=1S/C13H12Cl2O4/c1-3-19-13(18)9(6-16)12(17)8-4-5-10(14)7(2)11(8)15/h4-6,9H,3H2,1-2H3. The molecule has 6 heteroatoms. The summed E-state index contributed by atoms with van der Waals surface area (Å²) in [6.45, 7) is 3.31. The van der Waals surface area contributed by atoms with Gasteiger partial charge in [-0.25, -0.2) is 0 Å². The zero-order valence-corrected chi connectivity index (χ0v) is 11.9. The topological polar surface area (TPSA) is 60.4 Å². The van der Waals surface area contributed by atoms with Crippen molar-refractivity contribution in [1.29, 1.82) is 0 Å². The molecule has 0 amide bonds. The molecule has 4 nitrogen and oxygen atoms in total. The average Bonchev–Trinajstić information content (AvgIpc) is 2.37. The monoisotopic (exact) mass is 302 g/mol. The van der Waals surface area contributed by atoms with Crippen LogP contribution in [0.25, 0.3) is 0 Å². The highest BCUT2D eigenvalue weighted by molar-refractivity contribution is 6.39. The van der Waals surface area contributed by atoms with Crippen molar-refractivity contribution in [3.63, 3.8) is 0 Å². The van der Waals surface area contributed by atoms with Crippen LogP contribution in [0.1, 0.15) is 22.8 Å². The lowest BCUT2D eigenvalue weighted by molar-refractivity contribution is -0.147. The predicted octanol–water partition coefficient (Wildman–Crippen LogP) is 2.86. The molecule has 0 aliphatic carbocycles. The summed E-state index contributed by atoms with van der Waals surface area (Å²) in [5.41, 5.74) is 0.594. The maximum Gasteiger partial charge on any atom is 0.324 e. The minimum absolute atomic E-state index is 0.0775. The van der Waals surface area contributed by atoms with Gasteiger partial charge in [-0.05, 0) is 31.5 Å². The van der Waals surface area contributed by atoms with E-state index in [0.29, 0.717) is 10.6 Å². The van der Waals surface area contributed by atoms with Crippen LogP contribution in [0.3, 0.4) is 0 Å². The first-order chi connectivity index (χ1) is 8.93. The Labute approximate surface area is 120 Å². The predicted molar refractivity (Wildman–Crippen MR) is 71.7 cm³/mol. The number of benzene rings is 1. The van der Waals surface area contributed by atoms with Crippen LogP contribution in [0.15, 0.2) is 12.1 Å². The highest BCUT2D eigenvalue weighted by atomic mass is 35.5. The van der Waals surface area contributed by atoms with E-state index in [1.165, 1.54) is 12.1 Å². The molecule has 102 valence electrons. The van der Waals surface area contributed by atoms with E-state index in [0.717, 1.165) is 0 Å². The molecular formula is C13H12Cl2O4. The summed E-state index contributed by atoms with van der Waals surface area (Å²) < 4.78 is 4.67. The summed E-state index contributed by atoms with van der Waals surface area (Å²) >= 11 is 11.9. The molecule has 0 spiro atoms. The minimum atomic E-state index is -1.50. The van der Waals surface area contributed by atoms with Crippen LogP contribution < -0.4 is 0 Å². The van der Waals surface area contributed by atoms with E-state index in [1.807, 2.05) is 0 Å². The molecule has 1 aromatic carbocycles.